The van der Waals surface area contributed by atoms with Crippen molar-refractivity contribution in [2.24, 2.45) is 5.92 Å². The average molecular weight is 313 g/mol. The van der Waals surface area contributed by atoms with Crippen molar-refractivity contribution in [1.82, 2.24) is 10.6 Å². The first-order valence-corrected chi connectivity index (χ1v) is 7.54. The van der Waals surface area contributed by atoms with Gasteiger partial charge in [0.15, 0.2) is 0 Å². The van der Waals surface area contributed by atoms with Crippen LogP contribution in [-0.2, 0) is 6.54 Å². The van der Waals surface area contributed by atoms with Crippen LogP contribution in [0.15, 0.2) is 22.7 Å². The monoisotopic (exact) mass is 312 g/mol. The zero-order chi connectivity index (χ0) is 13.4. The Morgan fingerprint density at radius 3 is 2.50 bits per heavy atom. The SMILES string of the molecule is Cc1cc(Br)cc(CNCCCNCC(C)C)c1. The summed E-state index contributed by atoms with van der Waals surface area (Å²) in [6.45, 7) is 10.8. The Bertz CT molecular complexity index is 330. The van der Waals surface area contributed by atoms with Gasteiger partial charge in [-0.1, -0.05) is 35.8 Å². The van der Waals surface area contributed by atoms with E-state index in [9.17, 15) is 0 Å². The first-order valence-electron chi connectivity index (χ1n) is 6.75. The van der Waals surface area contributed by atoms with Crippen molar-refractivity contribution in [1.29, 1.82) is 0 Å². The largest absolute Gasteiger partial charge is 0.316 e. The van der Waals surface area contributed by atoms with Gasteiger partial charge >= 0.3 is 0 Å². The summed E-state index contributed by atoms with van der Waals surface area (Å²) in [6, 6.07) is 6.55. The van der Waals surface area contributed by atoms with E-state index < -0.39 is 0 Å². The van der Waals surface area contributed by atoms with Crippen LogP contribution in [0.3, 0.4) is 0 Å². The maximum Gasteiger partial charge on any atom is 0.0206 e. The lowest BCUT2D eigenvalue weighted by Crippen LogP contribution is -2.24. The van der Waals surface area contributed by atoms with Crippen molar-refractivity contribution in [3.63, 3.8) is 0 Å². The highest BCUT2D eigenvalue weighted by atomic mass is 79.9. The molecule has 0 aromatic heterocycles. The van der Waals surface area contributed by atoms with Crippen molar-refractivity contribution in [3.8, 4) is 0 Å². The highest BCUT2D eigenvalue weighted by molar-refractivity contribution is 9.10. The van der Waals surface area contributed by atoms with Crippen LogP contribution >= 0.6 is 15.9 Å². The van der Waals surface area contributed by atoms with Gasteiger partial charge in [0.05, 0.1) is 0 Å². The molecule has 3 heteroatoms. The minimum atomic E-state index is 0.739. The molecule has 0 aliphatic carbocycles. The summed E-state index contributed by atoms with van der Waals surface area (Å²) in [7, 11) is 0. The molecule has 1 rings (SSSR count). The molecule has 2 nitrogen and oxygen atoms in total. The number of aryl methyl sites for hydroxylation is 1. The Morgan fingerprint density at radius 1 is 1.11 bits per heavy atom. The van der Waals surface area contributed by atoms with Crippen molar-refractivity contribution in [2.45, 2.75) is 33.7 Å². The molecule has 2 N–H and O–H groups in total. The minimum Gasteiger partial charge on any atom is -0.316 e. The van der Waals surface area contributed by atoms with E-state index in [0.29, 0.717) is 0 Å². The zero-order valence-electron chi connectivity index (χ0n) is 11.7. The van der Waals surface area contributed by atoms with Crippen LogP contribution in [0.25, 0.3) is 0 Å². The summed E-state index contributed by atoms with van der Waals surface area (Å²) in [5.41, 5.74) is 2.65. The predicted octanol–water partition coefficient (Wildman–Crippen LogP) is 3.48. The lowest BCUT2D eigenvalue weighted by molar-refractivity contribution is 0.530. The topological polar surface area (TPSA) is 24.1 Å². The van der Waals surface area contributed by atoms with Gasteiger partial charge in [-0.25, -0.2) is 0 Å². The van der Waals surface area contributed by atoms with Crippen molar-refractivity contribution >= 4 is 15.9 Å². The second-order valence-electron chi connectivity index (χ2n) is 5.27. The van der Waals surface area contributed by atoms with Gasteiger partial charge in [0.2, 0.25) is 0 Å². The van der Waals surface area contributed by atoms with Crippen LogP contribution in [0.1, 0.15) is 31.4 Å². The smallest absolute Gasteiger partial charge is 0.0206 e. The zero-order valence-corrected chi connectivity index (χ0v) is 13.3. The molecule has 0 heterocycles. The third-order valence-corrected chi connectivity index (χ3v) is 3.15. The normalized spacial score (nSPS) is 11.2. The fourth-order valence-corrected chi connectivity index (χ4v) is 2.53. The molecule has 0 aliphatic heterocycles. The summed E-state index contributed by atoms with van der Waals surface area (Å²) in [5, 5.41) is 6.94. The molecule has 0 fully saturated rings. The quantitative estimate of drug-likeness (QED) is 0.718. The number of rotatable bonds is 8. The lowest BCUT2D eigenvalue weighted by atomic mass is 10.1. The van der Waals surface area contributed by atoms with Crippen LogP contribution in [0.2, 0.25) is 0 Å². The maximum absolute atomic E-state index is 3.53. The van der Waals surface area contributed by atoms with Crippen LogP contribution < -0.4 is 10.6 Å². The second kappa shape index (κ2) is 8.68. The van der Waals surface area contributed by atoms with E-state index >= 15 is 0 Å². The van der Waals surface area contributed by atoms with Crippen molar-refractivity contribution in [2.75, 3.05) is 19.6 Å². The van der Waals surface area contributed by atoms with E-state index in [1.807, 2.05) is 0 Å². The molecule has 0 unspecified atom stereocenters. The van der Waals surface area contributed by atoms with Gasteiger partial charge < -0.3 is 10.6 Å². The number of hydrogen-bond acceptors (Lipinski definition) is 2. The molecule has 1 aromatic rings. The van der Waals surface area contributed by atoms with Gasteiger partial charge in [0.1, 0.15) is 0 Å². The van der Waals surface area contributed by atoms with E-state index in [1.165, 1.54) is 17.5 Å². The molecule has 0 bridgehead atoms. The number of hydrogen-bond donors (Lipinski definition) is 2. The highest BCUT2D eigenvalue weighted by Crippen LogP contribution is 2.14. The molecule has 102 valence electrons. The molecule has 18 heavy (non-hydrogen) atoms. The Kier molecular flexibility index (Phi) is 7.56. The fourth-order valence-electron chi connectivity index (χ4n) is 1.88. The second-order valence-corrected chi connectivity index (χ2v) is 6.18. The molecule has 0 saturated heterocycles. The fraction of sp³-hybridized carbons (Fsp3) is 0.600. The Morgan fingerprint density at radius 2 is 1.83 bits per heavy atom. The summed E-state index contributed by atoms with van der Waals surface area (Å²) in [5.74, 6) is 0.739. The van der Waals surface area contributed by atoms with E-state index in [2.05, 4.69) is 65.5 Å². The average Bonchev–Trinajstić information content (AvgIpc) is 2.26. The molecule has 0 atom stereocenters. The molecule has 0 spiro atoms. The van der Waals surface area contributed by atoms with Crippen LogP contribution in [0, 0.1) is 12.8 Å². The van der Waals surface area contributed by atoms with Crippen LogP contribution in [0.5, 0.6) is 0 Å². The summed E-state index contributed by atoms with van der Waals surface area (Å²) in [6.07, 6.45) is 1.18. The summed E-state index contributed by atoms with van der Waals surface area (Å²) in [4.78, 5) is 0. The van der Waals surface area contributed by atoms with E-state index in [4.69, 9.17) is 0 Å². The molecule has 0 aliphatic rings. The third-order valence-electron chi connectivity index (χ3n) is 2.69. The Labute approximate surface area is 120 Å². The first kappa shape index (κ1) is 15.7. The number of nitrogens with one attached hydrogen (secondary N) is 2. The van der Waals surface area contributed by atoms with E-state index in [0.717, 1.165) is 36.6 Å². The Balaban J connectivity index is 2.10. The summed E-state index contributed by atoms with van der Waals surface area (Å²) < 4.78 is 1.16. The first-order chi connectivity index (χ1) is 8.58. The van der Waals surface area contributed by atoms with E-state index in [-0.39, 0.29) is 0 Å². The van der Waals surface area contributed by atoms with Gasteiger partial charge in [-0.05, 0) is 62.2 Å². The third kappa shape index (κ3) is 7.14. The van der Waals surface area contributed by atoms with Gasteiger partial charge in [0, 0.05) is 11.0 Å². The highest BCUT2D eigenvalue weighted by Gasteiger charge is 1.97. The van der Waals surface area contributed by atoms with Gasteiger partial charge in [-0.2, -0.15) is 0 Å². The van der Waals surface area contributed by atoms with Crippen LogP contribution in [0.4, 0.5) is 0 Å². The molecular formula is C15H25BrN2. The van der Waals surface area contributed by atoms with Gasteiger partial charge in [0.25, 0.3) is 0 Å². The van der Waals surface area contributed by atoms with E-state index in [1.54, 1.807) is 0 Å². The molecule has 0 radical (unpaired) electrons. The standard InChI is InChI=1S/C15H25BrN2/c1-12(2)10-17-5-4-6-18-11-14-7-13(3)8-15(16)9-14/h7-9,12,17-18H,4-6,10-11H2,1-3H3. The van der Waals surface area contributed by atoms with Crippen molar-refractivity contribution < 1.29 is 0 Å². The van der Waals surface area contributed by atoms with Gasteiger partial charge in [-0.15, -0.1) is 0 Å². The number of benzene rings is 1. The Hall–Kier alpha value is -0.380. The molecule has 0 amide bonds. The molecular weight excluding hydrogens is 288 g/mol. The maximum atomic E-state index is 3.53. The lowest BCUT2D eigenvalue weighted by Gasteiger charge is -2.09. The van der Waals surface area contributed by atoms with Crippen molar-refractivity contribution in [3.05, 3.63) is 33.8 Å². The summed E-state index contributed by atoms with van der Waals surface area (Å²) >= 11 is 3.53. The predicted molar refractivity (Wildman–Crippen MR) is 82.9 cm³/mol. The molecule has 0 saturated carbocycles. The minimum absolute atomic E-state index is 0.739. The van der Waals surface area contributed by atoms with Gasteiger partial charge in [-0.3, -0.25) is 0 Å². The number of halogens is 1. The van der Waals surface area contributed by atoms with Crippen LogP contribution in [-0.4, -0.2) is 19.6 Å². The molecule has 1 aromatic carbocycles.